The van der Waals surface area contributed by atoms with E-state index < -0.39 is 0 Å². The number of aryl methyl sites for hydroxylation is 2. The Morgan fingerprint density at radius 3 is 2.28 bits per heavy atom. The van der Waals surface area contributed by atoms with E-state index in [9.17, 15) is 5.11 Å². The molecular weight excluding hydrogens is 292 g/mol. The topological polar surface area (TPSA) is 46.0 Å². The van der Waals surface area contributed by atoms with Crippen LogP contribution in [0.3, 0.4) is 0 Å². The Morgan fingerprint density at radius 2 is 1.72 bits per heavy atom. The van der Waals surface area contributed by atoms with Gasteiger partial charge in [0.05, 0.1) is 6.61 Å². The summed E-state index contributed by atoms with van der Waals surface area (Å²) < 4.78 is 1.06. The lowest BCUT2D eigenvalue weighted by molar-refractivity contribution is 0.279. The molecular formula is C14H15BrN2O. The first-order valence-electron chi connectivity index (χ1n) is 5.79. The Hall–Kier alpha value is -1.26. The van der Waals surface area contributed by atoms with E-state index in [4.69, 9.17) is 0 Å². The van der Waals surface area contributed by atoms with E-state index in [2.05, 4.69) is 32.0 Å². The van der Waals surface area contributed by atoms with Gasteiger partial charge >= 0.3 is 0 Å². The van der Waals surface area contributed by atoms with Crippen LogP contribution < -0.4 is 0 Å². The number of aliphatic hydroxyl groups excluding tert-OH is 1. The number of aromatic nitrogens is 2. The Balaban J connectivity index is 2.34. The molecule has 0 saturated heterocycles. The van der Waals surface area contributed by atoms with Gasteiger partial charge in [-0.3, -0.25) is 0 Å². The second-order valence-electron chi connectivity index (χ2n) is 4.22. The first-order chi connectivity index (χ1) is 8.61. The molecule has 0 fully saturated rings. The van der Waals surface area contributed by atoms with Crippen LogP contribution >= 0.6 is 15.9 Å². The molecule has 1 N–H and O–H groups in total. The third-order valence-electron chi connectivity index (χ3n) is 2.93. The summed E-state index contributed by atoms with van der Waals surface area (Å²) in [5.41, 5.74) is 3.69. The van der Waals surface area contributed by atoms with E-state index in [1.54, 1.807) is 0 Å². The van der Waals surface area contributed by atoms with Gasteiger partial charge in [-0.25, -0.2) is 9.97 Å². The number of benzene rings is 1. The predicted octanol–water partition coefficient (Wildman–Crippen LogP) is 2.94. The van der Waals surface area contributed by atoms with Crippen LogP contribution in [0.2, 0.25) is 0 Å². The molecule has 1 aromatic carbocycles. The van der Waals surface area contributed by atoms with Crippen LogP contribution in [0, 0.1) is 13.8 Å². The lowest BCUT2D eigenvalue weighted by atomic mass is 10.1. The maximum absolute atomic E-state index is 9.24. The van der Waals surface area contributed by atoms with Gasteiger partial charge in [-0.1, -0.05) is 34.1 Å². The molecule has 94 valence electrons. The van der Waals surface area contributed by atoms with Crippen molar-refractivity contribution in [2.45, 2.75) is 26.9 Å². The molecule has 2 rings (SSSR count). The molecule has 0 amide bonds. The number of aliphatic hydroxyl groups is 1. The smallest absolute Gasteiger partial charge is 0.133 e. The van der Waals surface area contributed by atoms with Crippen LogP contribution in [0.5, 0.6) is 0 Å². The van der Waals surface area contributed by atoms with Gasteiger partial charge in [0, 0.05) is 27.8 Å². The van der Waals surface area contributed by atoms with Gasteiger partial charge in [0.15, 0.2) is 0 Å². The van der Waals surface area contributed by atoms with E-state index in [0.29, 0.717) is 6.42 Å². The van der Waals surface area contributed by atoms with Crippen molar-refractivity contribution in [1.29, 1.82) is 0 Å². The molecule has 0 bridgehead atoms. The van der Waals surface area contributed by atoms with Crippen molar-refractivity contribution < 1.29 is 5.11 Å². The van der Waals surface area contributed by atoms with Crippen molar-refractivity contribution in [2.24, 2.45) is 0 Å². The molecule has 18 heavy (non-hydrogen) atoms. The summed E-state index contributed by atoms with van der Waals surface area (Å²) in [6.07, 6.45) is 0.689. The highest BCUT2D eigenvalue weighted by Gasteiger charge is 2.09. The minimum atomic E-state index is -0.00697. The minimum absolute atomic E-state index is 0.00697. The fraction of sp³-hybridized carbons (Fsp3) is 0.286. The van der Waals surface area contributed by atoms with E-state index >= 15 is 0 Å². The van der Waals surface area contributed by atoms with Gasteiger partial charge in [-0.05, 0) is 25.5 Å². The van der Waals surface area contributed by atoms with Crippen LogP contribution in [0.25, 0.3) is 0 Å². The van der Waals surface area contributed by atoms with Crippen LogP contribution in [-0.2, 0) is 13.0 Å². The number of hydrogen-bond acceptors (Lipinski definition) is 3. The summed E-state index contributed by atoms with van der Waals surface area (Å²) in [5, 5.41) is 9.24. The lowest BCUT2D eigenvalue weighted by Gasteiger charge is -2.09. The highest BCUT2D eigenvalue weighted by Crippen LogP contribution is 2.19. The summed E-state index contributed by atoms with van der Waals surface area (Å²) in [4.78, 5) is 8.90. The predicted molar refractivity (Wildman–Crippen MR) is 74.4 cm³/mol. The maximum atomic E-state index is 9.24. The van der Waals surface area contributed by atoms with Crippen LogP contribution in [0.4, 0.5) is 0 Å². The van der Waals surface area contributed by atoms with Gasteiger partial charge in [0.1, 0.15) is 5.82 Å². The fourth-order valence-electron chi connectivity index (χ4n) is 1.93. The van der Waals surface area contributed by atoms with Crippen LogP contribution in [0.1, 0.15) is 28.3 Å². The summed E-state index contributed by atoms with van der Waals surface area (Å²) >= 11 is 3.52. The fourth-order valence-corrected chi connectivity index (χ4v) is 2.35. The van der Waals surface area contributed by atoms with Gasteiger partial charge < -0.3 is 5.11 Å². The molecule has 1 heterocycles. The van der Waals surface area contributed by atoms with Gasteiger partial charge in [0.25, 0.3) is 0 Å². The first kappa shape index (κ1) is 13.2. The molecule has 0 radical (unpaired) electrons. The zero-order chi connectivity index (χ0) is 13.1. The first-order valence-corrected chi connectivity index (χ1v) is 6.58. The minimum Gasteiger partial charge on any atom is -0.392 e. The molecule has 3 nitrogen and oxygen atoms in total. The zero-order valence-corrected chi connectivity index (χ0v) is 12.0. The third kappa shape index (κ3) is 2.76. The van der Waals surface area contributed by atoms with Crippen molar-refractivity contribution in [3.8, 4) is 0 Å². The average Bonchev–Trinajstić information content (AvgIpc) is 2.32. The molecule has 0 unspecified atom stereocenters. The molecule has 1 aromatic heterocycles. The average molecular weight is 307 g/mol. The number of nitrogens with zero attached hydrogens (tertiary/aromatic N) is 2. The normalized spacial score (nSPS) is 10.7. The quantitative estimate of drug-likeness (QED) is 0.948. The van der Waals surface area contributed by atoms with Crippen molar-refractivity contribution >= 4 is 15.9 Å². The summed E-state index contributed by atoms with van der Waals surface area (Å²) in [5.74, 6) is 0.786. The Kier molecular flexibility index (Phi) is 4.09. The van der Waals surface area contributed by atoms with E-state index in [1.165, 1.54) is 0 Å². The van der Waals surface area contributed by atoms with Gasteiger partial charge in [0.2, 0.25) is 0 Å². The second kappa shape index (κ2) is 5.59. The molecule has 0 saturated carbocycles. The Bertz CT molecular complexity index is 546. The Morgan fingerprint density at radius 1 is 1.11 bits per heavy atom. The van der Waals surface area contributed by atoms with Crippen molar-refractivity contribution in [2.75, 3.05) is 0 Å². The second-order valence-corrected chi connectivity index (χ2v) is 5.07. The van der Waals surface area contributed by atoms with Crippen LogP contribution in [0.15, 0.2) is 28.7 Å². The lowest BCUT2D eigenvalue weighted by Crippen LogP contribution is -2.06. The molecule has 2 aromatic rings. The monoisotopic (exact) mass is 306 g/mol. The van der Waals surface area contributed by atoms with E-state index in [1.807, 2.05) is 32.0 Å². The summed E-state index contributed by atoms with van der Waals surface area (Å²) in [6.45, 7) is 3.81. The van der Waals surface area contributed by atoms with Crippen molar-refractivity contribution in [3.05, 3.63) is 57.1 Å². The molecule has 0 spiro atoms. The standard InChI is InChI=1S/C14H15BrN2O/c1-9-12(8-18)10(2)17-14(16-9)7-11-5-3-4-6-13(11)15/h3-6,18H,7-8H2,1-2H3. The molecule has 0 aliphatic carbocycles. The molecule has 0 atom stereocenters. The SMILES string of the molecule is Cc1nc(Cc2ccccc2Br)nc(C)c1CO. The number of hydrogen-bond donors (Lipinski definition) is 1. The van der Waals surface area contributed by atoms with Gasteiger partial charge in [-0.15, -0.1) is 0 Å². The van der Waals surface area contributed by atoms with Gasteiger partial charge in [-0.2, -0.15) is 0 Å². The summed E-state index contributed by atoms with van der Waals surface area (Å²) in [7, 11) is 0. The largest absolute Gasteiger partial charge is 0.392 e. The number of halogens is 1. The van der Waals surface area contributed by atoms with E-state index in [0.717, 1.165) is 32.8 Å². The molecule has 0 aliphatic heterocycles. The summed E-state index contributed by atoms with van der Waals surface area (Å²) in [6, 6.07) is 8.05. The third-order valence-corrected chi connectivity index (χ3v) is 3.71. The van der Waals surface area contributed by atoms with E-state index in [-0.39, 0.29) is 6.61 Å². The number of rotatable bonds is 3. The maximum Gasteiger partial charge on any atom is 0.133 e. The highest BCUT2D eigenvalue weighted by atomic mass is 79.9. The zero-order valence-electron chi connectivity index (χ0n) is 10.4. The molecule has 4 heteroatoms. The molecule has 0 aliphatic rings. The highest BCUT2D eigenvalue weighted by molar-refractivity contribution is 9.10. The van der Waals surface area contributed by atoms with Crippen molar-refractivity contribution in [1.82, 2.24) is 9.97 Å². The van der Waals surface area contributed by atoms with Crippen LogP contribution in [-0.4, -0.2) is 15.1 Å². The Labute approximate surface area is 115 Å². The van der Waals surface area contributed by atoms with Crippen molar-refractivity contribution in [3.63, 3.8) is 0 Å².